The van der Waals surface area contributed by atoms with Gasteiger partial charge in [-0.3, -0.25) is 4.98 Å². The molecule has 3 aromatic rings. The summed E-state index contributed by atoms with van der Waals surface area (Å²) in [6.45, 7) is 1.98. The molecule has 1 heterocycles. The summed E-state index contributed by atoms with van der Waals surface area (Å²) in [7, 11) is 0. The summed E-state index contributed by atoms with van der Waals surface area (Å²) < 4.78 is 1.02. The first-order valence-electron chi connectivity index (χ1n) is 6.25. The number of pyridine rings is 1. The van der Waals surface area contributed by atoms with Crippen molar-refractivity contribution in [1.82, 2.24) is 4.98 Å². The maximum absolute atomic E-state index is 9.33. The van der Waals surface area contributed by atoms with Crippen LogP contribution >= 0.6 is 28.3 Å². The van der Waals surface area contributed by atoms with Crippen LogP contribution < -0.4 is 5.32 Å². The topological polar surface area (TPSA) is 45.1 Å². The van der Waals surface area contributed by atoms with Crippen LogP contribution in [0.3, 0.4) is 0 Å². The predicted molar refractivity (Wildman–Crippen MR) is 92.8 cm³/mol. The first kappa shape index (κ1) is 15.6. The first-order chi connectivity index (χ1) is 9.61. The van der Waals surface area contributed by atoms with Crippen LogP contribution in [0.5, 0.6) is 5.75 Å². The second-order valence-corrected chi connectivity index (χ2v) is 5.56. The van der Waals surface area contributed by atoms with Crippen molar-refractivity contribution in [2.45, 2.75) is 6.92 Å². The SMILES string of the molecule is Cc1cc(Nc2ccc(O)cc2)c2cc(Br)ccc2n1.Cl. The molecule has 0 aliphatic heterocycles. The van der Waals surface area contributed by atoms with E-state index >= 15 is 0 Å². The molecule has 108 valence electrons. The average molecular weight is 366 g/mol. The van der Waals surface area contributed by atoms with Crippen molar-refractivity contribution in [3.8, 4) is 5.75 Å². The molecule has 0 fully saturated rings. The lowest BCUT2D eigenvalue weighted by Gasteiger charge is -2.11. The number of nitrogens with zero attached hydrogens (tertiary/aromatic N) is 1. The van der Waals surface area contributed by atoms with Crippen LogP contribution in [0.25, 0.3) is 10.9 Å². The van der Waals surface area contributed by atoms with Crippen LogP contribution in [0.1, 0.15) is 5.69 Å². The molecule has 0 aliphatic carbocycles. The number of aryl methyl sites for hydroxylation is 1. The van der Waals surface area contributed by atoms with Crippen LogP contribution in [0.2, 0.25) is 0 Å². The van der Waals surface area contributed by atoms with Gasteiger partial charge in [0, 0.05) is 26.9 Å². The Morgan fingerprint density at radius 2 is 1.76 bits per heavy atom. The molecule has 0 atom stereocenters. The largest absolute Gasteiger partial charge is 0.508 e. The molecule has 0 spiro atoms. The lowest BCUT2D eigenvalue weighted by atomic mass is 10.1. The van der Waals surface area contributed by atoms with Gasteiger partial charge in [0.2, 0.25) is 0 Å². The first-order valence-corrected chi connectivity index (χ1v) is 7.04. The minimum Gasteiger partial charge on any atom is -0.508 e. The Kier molecular flexibility index (Phi) is 4.70. The third-order valence-electron chi connectivity index (χ3n) is 3.05. The summed E-state index contributed by atoms with van der Waals surface area (Å²) in [5, 5.41) is 13.8. The number of nitrogens with one attached hydrogen (secondary N) is 1. The van der Waals surface area contributed by atoms with Gasteiger partial charge in [-0.1, -0.05) is 15.9 Å². The fourth-order valence-corrected chi connectivity index (χ4v) is 2.50. The second kappa shape index (κ2) is 6.33. The second-order valence-electron chi connectivity index (χ2n) is 4.64. The van der Waals surface area contributed by atoms with E-state index in [0.29, 0.717) is 0 Å². The summed E-state index contributed by atoms with van der Waals surface area (Å²) in [5.41, 5.74) is 3.84. The van der Waals surface area contributed by atoms with E-state index in [4.69, 9.17) is 0 Å². The van der Waals surface area contributed by atoms with Gasteiger partial charge >= 0.3 is 0 Å². The fraction of sp³-hybridized carbons (Fsp3) is 0.0625. The fourth-order valence-electron chi connectivity index (χ4n) is 2.13. The molecule has 0 radical (unpaired) electrons. The molecule has 3 rings (SSSR count). The molecular weight excluding hydrogens is 352 g/mol. The quantitative estimate of drug-likeness (QED) is 0.615. The highest BCUT2D eigenvalue weighted by atomic mass is 79.9. The highest BCUT2D eigenvalue weighted by Crippen LogP contribution is 2.29. The highest BCUT2D eigenvalue weighted by molar-refractivity contribution is 9.10. The molecule has 3 nitrogen and oxygen atoms in total. The number of anilines is 2. The molecule has 0 unspecified atom stereocenters. The number of aromatic nitrogens is 1. The lowest BCUT2D eigenvalue weighted by molar-refractivity contribution is 0.475. The van der Waals surface area contributed by atoms with Crippen LogP contribution in [0.15, 0.2) is 53.0 Å². The number of hydrogen-bond donors (Lipinski definition) is 2. The van der Waals surface area contributed by atoms with Gasteiger partial charge in [-0.2, -0.15) is 0 Å². The van der Waals surface area contributed by atoms with Crippen LogP contribution in [-0.2, 0) is 0 Å². The van der Waals surface area contributed by atoms with Crippen LogP contribution in [0.4, 0.5) is 11.4 Å². The number of benzene rings is 2. The van der Waals surface area contributed by atoms with Gasteiger partial charge in [0.25, 0.3) is 0 Å². The number of aromatic hydroxyl groups is 1. The van der Waals surface area contributed by atoms with Gasteiger partial charge in [0.05, 0.1) is 5.52 Å². The van der Waals surface area contributed by atoms with Crippen molar-refractivity contribution in [2.75, 3.05) is 5.32 Å². The Labute approximate surface area is 137 Å². The summed E-state index contributed by atoms with van der Waals surface area (Å²) in [5.74, 6) is 0.258. The van der Waals surface area contributed by atoms with E-state index in [0.717, 1.165) is 32.4 Å². The Morgan fingerprint density at radius 3 is 2.48 bits per heavy atom. The highest BCUT2D eigenvalue weighted by Gasteiger charge is 2.05. The van der Waals surface area contributed by atoms with Crippen molar-refractivity contribution < 1.29 is 5.11 Å². The van der Waals surface area contributed by atoms with E-state index in [9.17, 15) is 5.11 Å². The maximum Gasteiger partial charge on any atom is 0.115 e. The number of phenolic OH excluding ortho intramolecular Hbond substituents is 1. The van der Waals surface area contributed by atoms with Gasteiger partial charge in [0.1, 0.15) is 5.75 Å². The number of hydrogen-bond acceptors (Lipinski definition) is 3. The van der Waals surface area contributed by atoms with Gasteiger partial charge in [-0.15, -0.1) is 12.4 Å². The molecule has 0 bridgehead atoms. The molecule has 0 amide bonds. The van der Waals surface area contributed by atoms with E-state index in [1.54, 1.807) is 12.1 Å². The molecule has 2 N–H and O–H groups in total. The molecule has 2 aromatic carbocycles. The summed E-state index contributed by atoms with van der Waals surface area (Å²) in [4.78, 5) is 4.53. The smallest absolute Gasteiger partial charge is 0.115 e. The van der Waals surface area contributed by atoms with Gasteiger partial charge in [-0.25, -0.2) is 0 Å². The van der Waals surface area contributed by atoms with E-state index in [2.05, 4.69) is 26.2 Å². The summed E-state index contributed by atoms with van der Waals surface area (Å²) in [6.07, 6.45) is 0. The molecule has 5 heteroatoms. The normalized spacial score (nSPS) is 10.2. The molecule has 0 saturated heterocycles. The Bertz CT molecular complexity index is 775. The molecule has 0 saturated carbocycles. The van der Waals surface area contributed by atoms with E-state index in [-0.39, 0.29) is 18.2 Å². The van der Waals surface area contributed by atoms with Gasteiger partial charge < -0.3 is 10.4 Å². The predicted octanol–water partition coefficient (Wildman–Crippen LogP) is 5.18. The Balaban J connectivity index is 0.00000161. The molecule has 1 aromatic heterocycles. The zero-order valence-corrected chi connectivity index (χ0v) is 13.7. The monoisotopic (exact) mass is 364 g/mol. The number of rotatable bonds is 2. The van der Waals surface area contributed by atoms with Gasteiger partial charge in [0.15, 0.2) is 0 Å². The minimum atomic E-state index is 0. The van der Waals surface area contributed by atoms with Crippen molar-refractivity contribution in [3.05, 3.63) is 58.7 Å². The lowest BCUT2D eigenvalue weighted by Crippen LogP contribution is -1.94. The van der Waals surface area contributed by atoms with Gasteiger partial charge in [-0.05, 0) is 55.5 Å². The molecule has 21 heavy (non-hydrogen) atoms. The molecular formula is C16H14BrClN2O. The zero-order chi connectivity index (χ0) is 14.1. The number of halogens is 2. The Hall–Kier alpha value is -1.78. The van der Waals surface area contributed by atoms with Crippen LogP contribution in [-0.4, -0.2) is 10.1 Å². The standard InChI is InChI=1S/C16H13BrN2O.ClH/c1-10-8-16(19-12-3-5-13(20)6-4-12)14-9-11(17)2-7-15(14)18-10;/h2-9,20H,1H3,(H,18,19);1H. The number of fused-ring (bicyclic) bond motifs is 1. The van der Waals surface area contributed by atoms with Crippen LogP contribution in [0, 0.1) is 6.92 Å². The summed E-state index contributed by atoms with van der Waals surface area (Å²) >= 11 is 3.49. The van der Waals surface area contributed by atoms with E-state index in [1.807, 2.05) is 43.3 Å². The molecule has 0 aliphatic rings. The van der Waals surface area contributed by atoms with Crippen molar-refractivity contribution in [1.29, 1.82) is 0 Å². The van der Waals surface area contributed by atoms with Crippen molar-refractivity contribution in [3.63, 3.8) is 0 Å². The average Bonchev–Trinajstić information content (AvgIpc) is 2.42. The van der Waals surface area contributed by atoms with Crippen molar-refractivity contribution >= 4 is 50.6 Å². The van der Waals surface area contributed by atoms with E-state index < -0.39 is 0 Å². The van der Waals surface area contributed by atoms with Crippen molar-refractivity contribution in [2.24, 2.45) is 0 Å². The zero-order valence-electron chi connectivity index (χ0n) is 11.3. The maximum atomic E-state index is 9.33. The summed E-state index contributed by atoms with van der Waals surface area (Å²) in [6, 6.07) is 15.0. The van der Waals surface area contributed by atoms with E-state index in [1.165, 1.54) is 0 Å². The number of phenols is 1. The third-order valence-corrected chi connectivity index (χ3v) is 3.54. The minimum absolute atomic E-state index is 0. The third kappa shape index (κ3) is 3.46. The Morgan fingerprint density at radius 1 is 1.05 bits per heavy atom.